The van der Waals surface area contributed by atoms with Crippen LogP contribution in [-0.4, -0.2) is 17.1 Å². The molecule has 0 aliphatic carbocycles. The average Bonchev–Trinajstić information content (AvgIpc) is 2.82. The van der Waals surface area contributed by atoms with Gasteiger partial charge in [0.25, 0.3) is 5.91 Å². The molecule has 0 saturated carbocycles. The molecular weight excluding hydrogens is 310 g/mol. The molecular formula is C17H13N3O2S. The van der Waals surface area contributed by atoms with E-state index in [1.807, 2.05) is 0 Å². The third-order valence-electron chi connectivity index (χ3n) is 3.45. The van der Waals surface area contributed by atoms with Crippen molar-refractivity contribution in [2.24, 2.45) is 0 Å². The van der Waals surface area contributed by atoms with Gasteiger partial charge in [-0.2, -0.15) is 5.26 Å². The van der Waals surface area contributed by atoms with Crippen LogP contribution in [0.25, 0.3) is 0 Å². The summed E-state index contributed by atoms with van der Waals surface area (Å²) in [7, 11) is 0. The van der Waals surface area contributed by atoms with Crippen LogP contribution in [0.2, 0.25) is 0 Å². The maximum Gasteiger partial charge on any atom is 0.255 e. The molecule has 114 valence electrons. The number of thiocarbonyl (C=S) groups is 1. The lowest BCUT2D eigenvalue weighted by Gasteiger charge is -2.15. The predicted molar refractivity (Wildman–Crippen MR) is 90.4 cm³/mol. The molecule has 0 radical (unpaired) electrons. The Kier molecular flexibility index (Phi) is 3.96. The van der Waals surface area contributed by atoms with Crippen LogP contribution in [0.4, 0.5) is 5.69 Å². The molecule has 1 N–H and O–H groups in total. The van der Waals surface area contributed by atoms with Crippen LogP contribution < -0.4 is 15.0 Å². The van der Waals surface area contributed by atoms with Gasteiger partial charge < -0.3 is 10.1 Å². The highest BCUT2D eigenvalue weighted by atomic mass is 32.1. The number of nitriles is 1. The molecule has 1 aliphatic rings. The minimum atomic E-state index is -0.308. The molecule has 5 nitrogen and oxygen atoms in total. The van der Waals surface area contributed by atoms with Crippen LogP contribution in [-0.2, 0) is 4.79 Å². The molecule has 2 aromatic carbocycles. The van der Waals surface area contributed by atoms with E-state index >= 15 is 0 Å². The van der Waals surface area contributed by atoms with Crippen LogP contribution in [0.5, 0.6) is 11.5 Å². The number of carbonyl (C=O) groups excluding carboxylic acids is 1. The summed E-state index contributed by atoms with van der Waals surface area (Å²) in [5.41, 5.74) is 1.28. The highest BCUT2D eigenvalue weighted by Crippen LogP contribution is 2.26. The molecule has 3 rings (SSSR count). The molecule has 0 spiro atoms. The quantitative estimate of drug-likeness (QED) is 0.880. The van der Waals surface area contributed by atoms with E-state index in [-0.39, 0.29) is 11.9 Å². The number of hydrogen-bond donors (Lipinski definition) is 1. The Bertz CT molecular complexity index is 794. The topological polar surface area (TPSA) is 65.4 Å². The number of rotatable bonds is 3. The van der Waals surface area contributed by atoms with E-state index in [4.69, 9.17) is 22.2 Å². The summed E-state index contributed by atoms with van der Waals surface area (Å²) in [4.78, 5) is 13.5. The Labute approximate surface area is 139 Å². The van der Waals surface area contributed by atoms with Gasteiger partial charge in [0, 0.05) is 0 Å². The summed E-state index contributed by atoms with van der Waals surface area (Å²) in [6.45, 7) is 1.77. The lowest BCUT2D eigenvalue weighted by molar-refractivity contribution is -0.117. The van der Waals surface area contributed by atoms with E-state index in [2.05, 4.69) is 11.4 Å². The number of benzene rings is 2. The van der Waals surface area contributed by atoms with Gasteiger partial charge in [0.1, 0.15) is 17.5 Å². The molecule has 0 bridgehead atoms. The fourth-order valence-corrected chi connectivity index (χ4v) is 2.62. The average molecular weight is 323 g/mol. The van der Waals surface area contributed by atoms with Crippen LogP contribution in [0.1, 0.15) is 12.5 Å². The highest BCUT2D eigenvalue weighted by molar-refractivity contribution is 7.80. The molecule has 1 aliphatic heterocycles. The van der Waals surface area contributed by atoms with Gasteiger partial charge >= 0.3 is 0 Å². The van der Waals surface area contributed by atoms with Gasteiger partial charge in [-0.1, -0.05) is 0 Å². The summed E-state index contributed by atoms with van der Waals surface area (Å²) >= 11 is 5.17. The standard InChI is InChI=1S/C17H13N3O2S/c1-11-16(21)20(17(23)19-11)13-4-8-15(9-5-13)22-14-6-2-12(10-18)3-7-14/h2-9,11H,1H3,(H,19,23)/t11-/m1/s1. The first kappa shape index (κ1) is 15.0. The number of ether oxygens (including phenoxy) is 1. The monoisotopic (exact) mass is 323 g/mol. The second-order valence-corrected chi connectivity index (χ2v) is 5.46. The van der Waals surface area contributed by atoms with Crippen molar-refractivity contribution in [3.63, 3.8) is 0 Å². The van der Waals surface area contributed by atoms with Crippen molar-refractivity contribution < 1.29 is 9.53 Å². The zero-order valence-corrected chi connectivity index (χ0v) is 13.1. The number of anilines is 1. The van der Waals surface area contributed by atoms with E-state index in [1.165, 1.54) is 4.90 Å². The molecule has 1 fully saturated rings. The Morgan fingerprint density at radius 2 is 1.70 bits per heavy atom. The summed E-state index contributed by atoms with van der Waals surface area (Å²) in [6.07, 6.45) is 0. The van der Waals surface area contributed by atoms with Gasteiger partial charge in [-0.3, -0.25) is 9.69 Å². The van der Waals surface area contributed by atoms with Crippen molar-refractivity contribution in [2.45, 2.75) is 13.0 Å². The fraction of sp³-hybridized carbons (Fsp3) is 0.118. The number of nitrogens with one attached hydrogen (secondary N) is 1. The van der Waals surface area contributed by atoms with E-state index in [9.17, 15) is 4.79 Å². The van der Waals surface area contributed by atoms with E-state index in [0.717, 1.165) is 0 Å². The number of carbonyl (C=O) groups is 1. The number of hydrogen-bond acceptors (Lipinski definition) is 4. The van der Waals surface area contributed by atoms with Gasteiger partial charge in [0.2, 0.25) is 0 Å². The van der Waals surface area contributed by atoms with Crippen LogP contribution in [0.3, 0.4) is 0 Å². The summed E-state index contributed by atoms with van der Waals surface area (Å²) in [6, 6.07) is 15.7. The van der Waals surface area contributed by atoms with Crippen molar-refractivity contribution in [1.82, 2.24) is 5.32 Å². The molecule has 1 saturated heterocycles. The number of nitrogens with zero attached hydrogens (tertiary/aromatic N) is 2. The van der Waals surface area contributed by atoms with Gasteiger partial charge in [-0.15, -0.1) is 0 Å². The van der Waals surface area contributed by atoms with Crippen molar-refractivity contribution >= 4 is 28.9 Å². The first-order valence-electron chi connectivity index (χ1n) is 7.01. The normalized spacial score (nSPS) is 16.9. The SMILES string of the molecule is C[C@H]1NC(=S)N(c2ccc(Oc3ccc(C#N)cc3)cc2)C1=O. The molecule has 23 heavy (non-hydrogen) atoms. The van der Waals surface area contributed by atoms with Crippen molar-refractivity contribution in [2.75, 3.05) is 4.90 Å². The van der Waals surface area contributed by atoms with E-state index < -0.39 is 0 Å². The molecule has 0 unspecified atom stereocenters. The van der Waals surface area contributed by atoms with Gasteiger partial charge in [0.15, 0.2) is 5.11 Å². The largest absolute Gasteiger partial charge is 0.457 e. The van der Waals surface area contributed by atoms with Gasteiger partial charge in [0.05, 0.1) is 17.3 Å². The van der Waals surface area contributed by atoms with Crippen molar-refractivity contribution in [3.05, 3.63) is 54.1 Å². The molecule has 1 atom stereocenters. The molecule has 6 heteroatoms. The van der Waals surface area contributed by atoms with Crippen molar-refractivity contribution in [3.8, 4) is 17.6 Å². The minimum absolute atomic E-state index is 0.0734. The summed E-state index contributed by atoms with van der Waals surface area (Å²) in [5, 5.41) is 12.1. The Morgan fingerprint density at radius 3 is 2.17 bits per heavy atom. The zero-order chi connectivity index (χ0) is 16.4. The molecule has 1 amide bonds. The van der Waals surface area contributed by atoms with Crippen LogP contribution >= 0.6 is 12.2 Å². The molecule has 0 aromatic heterocycles. The first-order chi connectivity index (χ1) is 11.1. The fourth-order valence-electron chi connectivity index (χ4n) is 2.25. The van der Waals surface area contributed by atoms with Gasteiger partial charge in [-0.05, 0) is 67.7 Å². The maximum atomic E-state index is 12.1. The molecule has 1 heterocycles. The zero-order valence-electron chi connectivity index (χ0n) is 12.3. The third kappa shape index (κ3) is 3.00. The van der Waals surface area contributed by atoms with Crippen LogP contribution in [0.15, 0.2) is 48.5 Å². The second kappa shape index (κ2) is 6.07. The second-order valence-electron chi connectivity index (χ2n) is 5.08. The third-order valence-corrected chi connectivity index (χ3v) is 3.75. The molecule has 2 aromatic rings. The number of amides is 1. The smallest absolute Gasteiger partial charge is 0.255 e. The summed E-state index contributed by atoms with van der Waals surface area (Å²) < 4.78 is 5.71. The minimum Gasteiger partial charge on any atom is -0.457 e. The van der Waals surface area contributed by atoms with E-state index in [1.54, 1.807) is 55.5 Å². The van der Waals surface area contributed by atoms with Crippen LogP contribution in [0, 0.1) is 11.3 Å². The van der Waals surface area contributed by atoms with Gasteiger partial charge in [-0.25, -0.2) is 0 Å². The highest BCUT2D eigenvalue weighted by Gasteiger charge is 2.33. The van der Waals surface area contributed by atoms with E-state index in [0.29, 0.717) is 27.9 Å². The Balaban J connectivity index is 1.75. The Hall–Kier alpha value is -2.91. The summed E-state index contributed by atoms with van der Waals surface area (Å²) in [5.74, 6) is 1.20. The Morgan fingerprint density at radius 1 is 1.13 bits per heavy atom. The maximum absolute atomic E-state index is 12.1. The first-order valence-corrected chi connectivity index (χ1v) is 7.42. The lowest BCUT2D eigenvalue weighted by Crippen LogP contribution is -2.30. The van der Waals surface area contributed by atoms with Crippen molar-refractivity contribution in [1.29, 1.82) is 5.26 Å². The lowest BCUT2D eigenvalue weighted by atomic mass is 10.2. The predicted octanol–water partition coefficient (Wildman–Crippen LogP) is 2.96.